The first-order valence-corrected chi connectivity index (χ1v) is 8.88. The fraction of sp³-hybridized carbons (Fsp3) is 1.00. The molecule has 2 saturated carbocycles. The molecule has 0 amide bonds. The van der Waals surface area contributed by atoms with Crippen molar-refractivity contribution in [1.82, 2.24) is 0 Å². The van der Waals surface area contributed by atoms with Crippen LogP contribution in [0.4, 0.5) is 0 Å². The van der Waals surface area contributed by atoms with Crippen molar-refractivity contribution in [2.75, 3.05) is 0 Å². The lowest BCUT2D eigenvalue weighted by Gasteiger charge is -2.37. The summed E-state index contributed by atoms with van der Waals surface area (Å²) in [6.45, 7) is 7.47. The molecule has 100 valence electrons. The Morgan fingerprint density at radius 1 is 0.882 bits per heavy atom. The molecule has 0 heterocycles. The van der Waals surface area contributed by atoms with Crippen LogP contribution in [0.25, 0.3) is 0 Å². The molecule has 0 nitrogen and oxygen atoms in total. The predicted octanol–water partition coefficient (Wildman–Crippen LogP) is 5.83. The van der Waals surface area contributed by atoms with Gasteiger partial charge in [0.25, 0.3) is 0 Å². The molecule has 0 aromatic carbocycles. The Hall–Kier alpha value is 0.730. The lowest BCUT2D eigenvalue weighted by atomic mass is 9.70. The van der Waals surface area contributed by atoms with Gasteiger partial charge in [0.2, 0.25) is 0 Å². The topological polar surface area (TPSA) is 0 Å². The summed E-state index contributed by atoms with van der Waals surface area (Å²) in [6, 6.07) is 0. The lowest BCUT2D eigenvalue weighted by Crippen LogP contribution is -2.30. The van der Waals surface area contributed by atoms with Crippen LogP contribution in [0.5, 0.6) is 0 Å². The van der Waals surface area contributed by atoms with E-state index >= 15 is 0 Å². The SMILES string of the molecule is CC1CCCCC1C1CCC(C)(C)CCC1I. The van der Waals surface area contributed by atoms with Gasteiger partial charge in [0.1, 0.15) is 0 Å². The monoisotopic (exact) mass is 348 g/mol. The summed E-state index contributed by atoms with van der Waals surface area (Å²) in [4.78, 5) is 0. The maximum Gasteiger partial charge on any atom is 0.0141 e. The summed E-state index contributed by atoms with van der Waals surface area (Å²) in [5, 5.41) is 0. The molecule has 2 aliphatic carbocycles. The normalized spacial score (nSPS) is 43.1. The first kappa shape index (κ1) is 14.1. The van der Waals surface area contributed by atoms with Crippen LogP contribution in [0, 0.1) is 23.2 Å². The highest BCUT2D eigenvalue weighted by atomic mass is 127. The second-order valence-electron chi connectivity index (χ2n) is 7.35. The van der Waals surface area contributed by atoms with E-state index in [2.05, 4.69) is 43.4 Å². The van der Waals surface area contributed by atoms with Crippen molar-refractivity contribution < 1.29 is 0 Å². The van der Waals surface area contributed by atoms with Gasteiger partial charge >= 0.3 is 0 Å². The van der Waals surface area contributed by atoms with Crippen molar-refractivity contribution in [3.63, 3.8) is 0 Å². The van der Waals surface area contributed by atoms with Crippen molar-refractivity contribution in [2.45, 2.75) is 76.1 Å². The molecule has 4 atom stereocenters. The number of rotatable bonds is 1. The number of hydrogen-bond donors (Lipinski definition) is 0. The first-order chi connectivity index (χ1) is 7.99. The minimum Gasteiger partial charge on any atom is -0.0823 e. The smallest absolute Gasteiger partial charge is 0.0141 e. The van der Waals surface area contributed by atoms with Crippen molar-refractivity contribution >= 4 is 22.6 Å². The second kappa shape index (κ2) is 5.79. The zero-order valence-corrected chi connectivity index (χ0v) is 14.0. The quantitative estimate of drug-likeness (QED) is 0.318. The summed E-state index contributed by atoms with van der Waals surface area (Å²) in [5.74, 6) is 3.06. The Morgan fingerprint density at radius 2 is 1.53 bits per heavy atom. The van der Waals surface area contributed by atoms with Crippen molar-refractivity contribution in [1.29, 1.82) is 0 Å². The van der Waals surface area contributed by atoms with Crippen molar-refractivity contribution in [2.24, 2.45) is 23.2 Å². The third-order valence-corrected chi connectivity index (χ3v) is 6.99. The van der Waals surface area contributed by atoms with E-state index in [0.717, 1.165) is 21.7 Å². The van der Waals surface area contributed by atoms with Gasteiger partial charge in [0.15, 0.2) is 0 Å². The molecule has 4 unspecified atom stereocenters. The zero-order valence-electron chi connectivity index (χ0n) is 11.8. The number of alkyl halides is 1. The minimum atomic E-state index is 0.607. The molecule has 0 aromatic heterocycles. The van der Waals surface area contributed by atoms with E-state index in [-0.39, 0.29) is 0 Å². The van der Waals surface area contributed by atoms with Gasteiger partial charge in [-0.15, -0.1) is 0 Å². The molecule has 2 fully saturated rings. The van der Waals surface area contributed by atoms with Crippen LogP contribution in [-0.2, 0) is 0 Å². The van der Waals surface area contributed by atoms with Gasteiger partial charge in [-0.25, -0.2) is 0 Å². The third-order valence-electron chi connectivity index (χ3n) is 5.44. The summed E-state index contributed by atoms with van der Waals surface area (Å²) in [7, 11) is 0. The molecule has 17 heavy (non-hydrogen) atoms. The summed E-state index contributed by atoms with van der Waals surface area (Å²) in [5.41, 5.74) is 0.607. The molecule has 0 aromatic rings. The molecule has 0 bridgehead atoms. The summed E-state index contributed by atoms with van der Waals surface area (Å²) >= 11 is 2.77. The maximum absolute atomic E-state index is 2.77. The molecule has 1 heteroatoms. The fourth-order valence-electron chi connectivity index (χ4n) is 4.07. The van der Waals surface area contributed by atoms with Gasteiger partial charge in [0.05, 0.1) is 0 Å². The Kier molecular flexibility index (Phi) is 4.82. The van der Waals surface area contributed by atoms with Gasteiger partial charge in [-0.1, -0.05) is 62.6 Å². The van der Waals surface area contributed by atoms with Gasteiger partial charge in [0, 0.05) is 3.92 Å². The molecule has 0 radical (unpaired) electrons. The van der Waals surface area contributed by atoms with E-state index in [1.54, 1.807) is 0 Å². The van der Waals surface area contributed by atoms with Crippen molar-refractivity contribution in [3.8, 4) is 0 Å². The van der Waals surface area contributed by atoms with Gasteiger partial charge in [-0.2, -0.15) is 0 Å². The lowest BCUT2D eigenvalue weighted by molar-refractivity contribution is 0.162. The molecular formula is C16H29I. The van der Waals surface area contributed by atoms with Gasteiger partial charge < -0.3 is 0 Å². The van der Waals surface area contributed by atoms with E-state index in [9.17, 15) is 0 Å². The highest BCUT2D eigenvalue weighted by Gasteiger charge is 2.36. The number of halogens is 1. The standard InChI is InChI=1S/C16H29I/c1-12-6-4-5-7-13(12)14-8-10-16(2,3)11-9-15(14)17/h12-15H,4-11H2,1-3H3. The Bertz CT molecular complexity index is 246. The Balaban J connectivity index is 2.03. The van der Waals surface area contributed by atoms with E-state index < -0.39 is 0 Å². The largest absolute Gasteiger partial charge is 0.0823 e. The maximum atomic E-state index is 2.77. The van der Waals surface area contributed by atoms with E-state index in [0.29, 0.717) is 5.41 Å². The molecule has 0 aliphatic heterocycles. The number of hydrogen-bond acceptors (Lipinski definition) is 0. The zero-order chi connectivity index (χ0) is 12.5. The van der Waals surface area contributed by atoms with Crippen molar-refractivity contribution in [3.05, 3.63) is 0 Å². The predicted molar refractivity (Wildman–Crippen MR) is 84.7 cm³/mol. The van der Waals surface area contributed by atoms with E-state index in [1.165, 1.54) is 51.4 Å². The minimum absolute atomic E-state index is 0.607. The summed E-state index contributed by atoms with van der Waals surface area (Å²) in [6.07, 6.45) is 11.9. The van der Waals surface area contributed by atoms with Crippen LogP contribution in [0.3, 0.4) is 0 Å². The third kappa shape index (κ3) is 3.61. The second-order valence-corrected chi connectivity index (χ2v) is 8.95. The molecule has 0 saturated heterocycles. The van der Waals surface area contributed by atoms with E-state index in [1.807, 2.05) is 0 Å². The highest BCUT2D eigenvalue weighted by Crippen LogP contribution is 2.46. The Morgan fingerprint density at radius 3 is 2.24 bits per heavy atom. The molecule has 2 rings (SSSR count). The summed E-state index contributed by atoms with van der Waals surface area (Å²) < 4.78 is 0.944. The van der Waals surface area contributed by atoms with Gasteiger partial charge in [-0.3, -0.25) is 0 Å². The molecule has 0 spiro atoms. The molecule has 0 N–H and O–H groups in total. The van der Waals surface area contributed by atoms with Gasteiger partial charge in [-0.05, 0) is 55.3 Å². The van der Waals surface area contributed by atoms with Crippen LogP contribution in [0.15, 0.2) is 0 Å². The fourth-order valence-corrected chi connectivity index (χ4v) is 5.27. The van der Waals surface area contributed by atoms with Crippen LogP contribution >= 0.6 is 22.6 Å². The molecular weight excluding hydrogens is 319 g/mol. The highest BCUT2D eigenvalue weighted by molar-refractivity contribution is 14.1. The average Bonchev–Trinajstić information content (AvgIpc) is 2.41. The average molecular weight is 348 g/mol. The van der Waals surface area contributed by atoms with Crippen LogP contribution < -0.4 is 0 Å². The van der Waals surface area contributed by atoms with E-state index in [4.69, 9.17) is 0 Å². The van der Waals surface area contributed by atoms with Crippen LogP contribution in [0.2, 0.25) is 0 Å². The Labute approximate surface area is 121 Å². The molecule has 2 aliphatic rings. The first-order valence-electron chi connectivity index (χ1n) is 7.64. The van der Waals surface area contributed by atoms with Crippen LogP contribution in [0.1, 0.15) is 72.1 Å². The van der Waals surface area contributed by atoms with Crippen LogP contribution in [-0.4, -0.2) is 3.92 Å².